The molecule has 1 aromatic carbocycles. The zero-order valence-corrected chi connectivity index (χ0v) is 8.37. The minimum Gasteiger partial charge on any atom is -0.497 e. The van der Waals surface area contributed by atoms with E-state index in [1.807, 2.05) is 18.2 Å². The summed E-state index contributed by atoms with van der Waals surface area (Å²) < 4.78 is 5.08. The Morgan fingerprint density at radius 2 is 2.08 bits per heavy atom. The summed E-state index contributed by atoms with van der Waals surface area (Å²) in [4.78, 5) is 0. The van der Waals surface area contributed by atoms with Gasteiger partial charge in [-0.15, -0.1) is 0 Å². The van der Waals surface area contributed by atoms with Gasteiger partial charge in [-0.1, -0.05) is 19.9 Å². The SMILES string of the molecule is COc1ccc(C(C)C)c(CO)c1. The normalized spacial score (nSPS) is 10.5. The van der Waals surface area contributed by atoms with Crippen LogP contribution in [-0.4, -0.2) is 12.2 Å². The first kappa shape index (κ1) is 10.1. The van der Waals surface area contributed by atoms with Crippen molar-refractivity contribution < 1.29 is 9.84 Å². The van der Waals surface area contributed by atoms with Gasteiger partial charge in [0.15, 0.2) is 0 Å². The Kier molecular flexibility index (Phi) is 3.32. The zero-order chi connectivity index (χ0) is 9.84. The molecule has 0 fully saturated rings. The molecule has 0 unspecified atom stereocenters. The second kappa shape index (κ2) is 4.28. The molecule has 0 aliphatic rings. The summed E-state index contributed by atoms with van der Waals surface area (Å²) in [6, 6.07) is 5.82. The molecule has 0 amide bonds. The van der Waals surface area contributed by atoms with E-state index in [2.05, 4.69) is 13.8 Å². The van der Waals surface area contributed by atoms with Crippen molar-refractivity contribution in [1.82, 2.24) is 0 Å². The molecule has 0 radical (unpaired) electrons. The van der Waals surface area contributed by atoms with E-state index in [1.165, 1.54) is 5.56 Å². The fourth-order valence-corrected chi connectivity index (χ4v) is 1.41. The van der Waals surface area contributed by atoms with Crippen molar-refractivity contribution in [2.45, 2.75) is 26.4 Å². The van der Waals surface area contributed by atoms with Gasteiger partial charge in [0.25, 0.3) is 0 Å². The molecule has 1 rings (SSSR count). The van der Waals surface area contributed by atoms with Crippen LogP contribution in [0.1, 0.15) is 30.9 Å². The van der Waals surface area contributed by atoms with Crippen LogP contribution in [0.3, 0.4) is 0 Å². The van der Waals surface area contributed by atoms with Crippen molar-refractivity contribution in [3.63, 3.8) is 0 Å². The molecule has 0 aliphatic carbocycles. The summed E-state index contributed by atoms with van der Waals surface area (Å²) in [6.45, 7) is 4.30. The molecule has 0 saturated heterocycles. The standard InChI is InChI=1S/C11H16O2/c1-8(2)11-5-4-10(13-3)6-9(11)7-12/h4-6,8,12H,7H2,1-3H3. The van der Waals surface area contributed by atoms with Gasteiger partial charge in [0.05, 0.1) is 13.7 Å². The van der Waals surface area contributed by atoms with Gasteiger partial charge in [-0.2, -0.15) is 0 Å². The maximum absolute atomic E-state index is 9.13. The summed E-state index contributed by atoms with van der Waals surface area (Å²) in [5, 5.41) is 9.13. The first-order chi connectivity index (χ1) is 6.19. The molecule has 0 heterocycles. The number of aliphatic hydroxyl groups is 1. The van der Waals surface area contributed by atoms with Gasteiger partial charge in [0.1, 0.15) is 5.75 Å². The van der Waals surface area contributed by atoms with Crippen LogP contribution in [0.2, 0.25) is 0 Å². The Morgan fingerprint density at radius 1 is 1.38 bits per heavy atom. The highest BCUT2D eigenvalue weighted by Crippen LogP contribution is 2.23. The average Bonchev–Trinajstić information content (AvgIpc) is 2.16. The van der Waals surface area contributed by atoms with Crippen molar-refractivity contribution in [1.29, 1.82) is 0 Å². The van der Waals surface area contributed by atoms with Crippen LogP contribution in [0, 0.1) is 0 Å². The minimum absolute atomic E-state index is 0.0741. The highest BCUT2D eigenvalue weighted by molar-refractivity contribution is 5.36. The number of ether oxygens (including phenoxy) is 1. The third-order valence-corrected chi connectivity index (χ3v) is 2.14. The number of benzene rings is 1. The smallest absolute Gasteiger partial charge is 0.119 e. The Bertz CT molecular complexity index is 279. The fourth-order valence-electron chi connectivity index (χ4n) is 1.41. The van der Waals surface area contributed by atoms with E-state index in [-0.39, 0.29) is 6.61 Å². The van der Waals surface area contributed by atoms with E-state index in [1.54, 1.807) is 7.11 Å². The maximum Gasteiger partial charge on any atom is 0.119 e. The third-order valence-electron chi connectivity index (χ3n) is 2.14. The fraction of sp³-hybridized carbons (Fsp3) is 0.455. The van der Waals surface area contributed by atoms with E-state index in [0.717, 1.165) is 11.3 Å². The quantitative estimate of drug-likeness (QED) is 0.773. The molecule has 1 aromatic rings. The lowest BCUT2D eigenvalue weighted by atomic mass is 9.97. The van der Waals surface area contributed by atoms with Gasteiger partial charge in [-0.3, -0.25) is 0 Å². The number of hydrogen-bond acceptors (Lipinski definition) is 2. The van der Waals surface area contributed by atoms with Gasteiger partial charge < -0.3 is 9.84 Å². The highest BCUT2D eigenvalue weighted by atomic mass is 16.5. The number of hydrogen-bond donors (Lipinski definition) is 1. The van der Waals surface area contributed by atoms with Gasteiger partial charge in [0, 0.05) is 0 Å². The molecule has 2 nitrogen and oxygen atoms in total. The molecule has 0 aromatic heterocycles. The Balaban J connectivity index is 3.08. The second-order valence-electron chi connectivity index (χ2n) is 3.38. The molecular formula is C11H16O2. The predicted molar refractivity (Wildman–Crippen MR) is 53.0 cm³/mol. The monoisotopic (exact) mass is 180 g/mol. The van der Waals surface area contributed by atoms with E-state index < -0.39 is 0 Å². The Hall–Kier alpha value is -1.02. The molecule has 0 saturated carbocycles. The van der Waals surface area contributed by atoms with Gasteiger partial charge in [-0.05, 0) is 29.2 Å². The summed E-state index contributed by atoms with van der Waals surface area (Å²) in [7, 11) is 1.63. The topological polar surface area (TPSA) is 29.5 Å². The Labute approximate surface area is 79.2 Å². The van der Waals surface area contributed by atoms with Crippen LogP contribution in [0.25, 0.3) is 0 Å². The second-order valence-corrected chi connectivity index (χ2v) is 3.38. The summed E-state index contributed by atoms with van der Waals surface area (Å²) in [5.74, 6) is 1.24. The van der Waals surface area contributed by atoms with Crippen molar-refractivity contribution in [2.75, 3.05) is 7.11 Å². The lowest BCUT2D eigenvalue weighted by molar-refractivity contribution is 0.279. The van der Waals surface area contributed by atoms with Crippen LogP contribution in [0.5, 0.6) is 5.75 Å². The van der Waals surface area contributed by atoms with Crippen LogP contribution >= 0.6 is 0 Å². The van der Waals surface area contributed by atoms with Crippen LogP contribution in [0.15, 0.2) is 18.2 Å². The molecule has 1 N–H and O–H groups in total. The van der Waals surface area contributed by atoms with Crippen LogP contribution in [0.4, 0.5) is 0 Å². The third kappa shape index (κ3) is 2.22. The van der Waals surface area contributed by atoms with Crippen molar-refractivity contribution in [3.05, 3.63) is 29.3 Å². The maximum atomic E-state index is 9.13. The van der Waals surface area contributed by atoms with E-state index >= 15 is 0 Å². The molecule has 0 spiro atoms. The van der Waals surface area contributed by atoms with Crippen molar-refractivity contribution in [2.24, 2.45) is 0 Å². The van der Waals surface area contributed by atoms with E-state index in [0.29, 0.717) is 5.92 Å². The number of methoxy groups -OCH3 is 1. The molecule has 0 atom stereocenters. The Morgan fingerprint density at radius 3 is 2.54 bits per heavy atom. The van der Waals surface area contributed by atoms with Crippen molar-refractivity contribution in [3.8, 4) is 5.75 Å². The average molecular weight is 180 g/mol. The predicted octanol–water partition coefficient (Wildman–Crippen LogP) is 2.31. The molecular weight excluding hydrogens is 164 g/mol. The largest absolute Gasteiger partial charge is 0.497 e. The molecule has 72 valence electrons. The molecule has 0 bridgehead atoms. The summed E-state index contributed by atoms with van der Waals surface area (Å²) in [5.41, 5.74) is 2.14. The van der Waals surface area contributed by atoms with E-state index in [9.17, 15) is 0 Å². The molecule has 13 heavy (non-hydrogen) atoms. The van der Waals surface area contributed by atoms with E-state index in [4.69, 9.17) is 9.84 Å². The molecule has 0 aliphatic heterocycles. The van der Waals surface area contributed by atoms with Crippen LogP contribution < -0.4 is 4.74 Å². The highest BCUT2D eigenvalue weighted by Gasteiger charge is 2.06. The first-order valence-electron chi connectivity index (χ1n) is 4.46. The number of aliphatic hydroxyl groups excluding tert-OH is 1. The number of rotatable bonds is 3. The first-order valence-corrected chi connectivity index (χ1v) is 4.46. The van der Waals surface area contributed by atoms with Gasteiger partial charge in [-0.25, -0.2) is 0 Å². The van der Waals surface area contributed by atoms with Crippen molar-refractivity contribution >= 4 is 0 Å². The summed E-state index contributed by atoms with van der Waals surface area (Å²) in [6.07, 6.45) is 0. The lowest BCUT2D eigenvalue weighted by Gasteiger charge is -2.12. The van der Waals surface area contributed by atoms with Gasteiger partial charge in [0.2, 0.25) is 0 Å². The summed E-state index contributed by atoms with van der Waals surface area (Å²) >= 11 is 0. The molecule has 2 heteroatoms. The minimum atomic E-state index is 0.0741. The lowest BCUT2D eigenvalue weighted by Crippen LogP contribution is -1.97. The van der Waals surface area contributed by atoms with Crippen LogP contribution in [-0.2, 0) is 6.61 Å². The van der Waals surface area contributed by atoms with Gasteiger partial charge >= 0.3 is 0 Å². The zero-order valence-electron chi connectivity index (χ0n) is 8.37.